The Morgan fingerprint density at radius 1 is 1.00 bits per heavy atom. The van der Waals surface area contributed by atoms with Crippen molar-refractivity contribution in [3.63, 3.8) is 0 Å². The van der Waals surface area contributed by atoms with Crippen molar-refractivity contribution < 1.29 is 24.2 Å². The summed E-state index contributed by atoms with van der Waals surface area (Å²) in [6.07, 6.45) is 0.117. The van der Waals surface area contributed by atoms with E-state index < -0.39 is 0 Å². The van der Waals surface area contributed by atoms with Crippen LogP contribution in [-0.4, -0.2) is 63.0 Å². The summed E-state index contributed by atoms with van der Waals surface area (Å²) in [7, 11) is 0. The average molecular weight is 262 g/mol. The second kappa shape index (κ2) is 12.3. The first kappa shape index (κ1) is 16.8. The van der Waals surface area contributed by atoms with Gasteiger partial charge in [0.05, 0.1) is 33.0 Å². The van der Waals surface area contributed by atoms with Gasteiger partial charge in [-0.25, -0.2) is 0 Å². The summed E-state index contributed by atoms with van der Waals surface area (Å²) in [5.41, 5.74) is 0. The van der Waals surface area contributed by atoms with Crippen LogP contribution in [-0.2, 0) is 19.1 Å². The van der Waals surface area contributed by atoms with Crippen molar-refractivity contribution in [2.45, 2.75) is 13.3 Å². The maximum atomic E-state index is 10.9. The molecule has 0 aliphatic heterocycles. The van der Waals surface area contributed by atoms with Gasteiger partial charge in [0, 0.05) is 26.4 Å². The Kier molecular flexibility index (Phi) is 11.5. The number of hydrogen-bond donors (Lipinski definition) is 3. The predicted molar refractivity (Wildman–Crippen MR) is 65.0 cm³/mol. The lowest BCUT2D eigenvalue weighted by molar-refractivity contribution is -0.122. The Labute approximate surface area is 107 Å². The van der Waals surface area contributed by atoms with Crippen LogP contribution in [0.4, 0.5) is 0 Å². The molecule has 0 atom stereocenters. The van der Waals surface area contributed by atoms with Crippen LogP contribution in [0.3, 0.4) is 0 Å². The molecule has 0 bridgehead atoms. The standard InChI is InChI=1S/C11H22N2O5/c1-10(15)12-3-6-17-8-9-18-7-4-13-11(16)2-5-14/h14H,2-9H2,1H3,(H,12,15)(H,13,16). The number of rotatable bonds is 11. The molecular weight excluding hydrogens is 240 g/mol. The zero-order valence-corrected chi connectivity index (χ0v) is 10.7. The van der Waals surface area contributed by atoms with Gasteiger partial charge in [0.2, 0.25) is 11.8 Å². The van der Waals surface area contributed by atoms with Gasteiger partial charge in [0.15, 0.2) is 0 Å². The molecule has 0 aromatic heterocycles. The molecule has 2 amide bonds. The molecule has 0 heterocycles. The molecule has 0 aromatic rings. The highest BCUT2D eigenvalue weighted by Crippen LogP contribution is 1.80. The SMILES string of the molecule is CC(=O)NCCOCCOCCNC(=O)CCO. The number of carbonyl (C=O) groups is 2. The molecule has 7 nitrogen and oxygen atoms in total. The van der Waals surface area contributed by atoms with Gasteiger partial charge in [-0.3, -0.25) is 9.59 Å². The zero-order valence-electron chi connectivity index (χ0n) is 10.7. The molecule has 0 radical (unpaired) electrons. The number of ether oxygens (including phenoxy) is 2. The fraction of sp³-hybridized carbons (Fsp3) is 0.818. The largest absolute Gasteiger partial charge is 0.396 e. The van der Waals surface area contributed by atoms with Crippen LogP contribution in [0.25, 0.3) is 0 Å². The Bertz CT molecular complexity index is 235. The molecule has 106 valence electrons. The van der Waals surface area contributed by atoms with Crippen LogP contribution >= 0.6 is 0 Å². The van der Waals surface area contributed by atoms with Crippen LogP contribution < -0.4 is 10.6 Å². The Morgan fingerprint density at radius 2 is 1.56 bits per heavy atom. The monoisotopic (exact) mass is 262 g/mol. The van der Waals surface area contributed by atoms with Gasteiger partial charge < -0.3 is 25.2 Å². The number of aliphatic hydroxyl groups excluding tert-OH is 1. The van der Waals surface area contributed by atoms with Crippen molar-refractivity contribution in [3.8, 4) is 0 Å². The van der Waals surface area contributed by atoms with Gasteiger partial charge in [-0.1, -0.05) is 0 Å². The molecule has 0 spiro atoms. The van der Waals surface area contributed by atoms with Gasteiger partial charge in [-0.05, 0) is 0 Å². The second-order valence-corrected chi connectivity index (χ2v) is 3.53. The van der Waals surface area contributed by atoms with Gasteiger partial charge in [-0.2, -0.15) is 0 Å². The second-order valence-electron chi connectivity index (χ2n) is 3.53. The van der Waals surface area contributed by atoms with Crippen LogP contribution in [0.5, 0.6) is 0 Å². The Hall–Kier alpha value is -1.18. The van der Waals surface area contributed by atoms with Gasteiger partial charge in [0.1, 0.15) is 0 Å². The summed E-state index contributed by atoms with van der Waals surface area (Å²) in [5.74, 6) is -0.263. The van der Waals surface area contributed by atoms with Crippen molar-refractivity contribution >= 4 is 11.8 Å². The molecule has 0 rings (SSSR count). The van der Waals surface area contributed by atoms with E-state index in [0.717, 1.165) is 0 Å². The van der Waals surface area contributed by atoms with E-state index in [1.807, 2.05) is 0 Å². The van der Waals surface area contributed by atoms with Crippen LogP contribution in [0.2, 0.25) is 0 Å². The van der Waals surface area contributed by atoms with Crippen molar-refractivity contribution in [1.29, 1.82) is 0 Å². The molecule has 3 N–H and O–H groups in total. The lowest BCUT2D eigenvalue weighted by atomic mass is 10.4. The summed E-state index contributed by atoms with van der Waals surface area (Å²) >= 11 is 0. The number of aliphatic hydroxyl groups is 1. The fourth-order valence-electron chi connectivity index (χ4n) is 1.07. The van der Waals surface area contributed by atoms with E-state index in [-0.39, 0.29) is 24.8 Å². The fourth-order valence-corrected chi connectivity index (χ4v) is 1.07. The van der Waals surface area contributed by atoms with Crippen molar-refractivity contribution in [1.82, 2.24) is 10.6 Å². The lowest BCUT2D eigenvalue weighted by Gasteiger charge is -2.07. The lowest BCUT2D eigenvalue weighted by Crippen LogP contribution is -2.28. The first-order valence-corrected chi connectivity index (χ1v) is 5.94. The third-order valence-corrected chi connectivity index (χ3v) is 1.90. The molecule has 7 heteroatoms. The highest BCUT2D eigenvalue weighted by atomic mass is 16.5. The zero-order chi connectivity index (χ0) is 13.6. The molecule has 0 aliphatic carbocycles. The minimum Gasteiger partial charge on any atom is -0.396 e. The van der Waals surface area contributed by atoms with Gasteiger partial charge in [0.25, 0.3) is 0 Å². The summed E-state index contributed by atoms with van der Waals surface area (Å²) in [6.45, 7) is 3.98. The van der Waals surface area contributed by atoms with Crippen molar-refractivity contribution in [2.75, 3.05) is 46.1 Å². The minimum absolute atomic E-state index is 0.0755. The molecule has 0 aliphatic rings. The van der Waals surface area contributed by atoms with E-state index in [1.54, 1.807) is 0 Å². The van der Waals surface area contributed by atoms with Gasteiger partial charge >= 0.3 is 0 Å². The highest BCUT2D eigenvalue weighted by Gasteiger charge is 1.98. The number of amides is 2. The average Bonchev–Trinajstić information content (AvgIpc) is 2.31. The van der Waals surface area contributed by atoms with E-state index in [4.69, 9.17) is 14.6 Å². The molecule has 0 saturated carbocycles. The predicted octanol–water partition coefficient (Wildman–Crippen LogP) is -1.35. The van der Waals surface area contributed by atoms with Gasteiger partial charge in [-0.15, -0.1) is 0 Å². The summed E-state index contributed by atoms with van der Waals surface area (Å²) in [5, 5.41) is 13.7. The quantitative estimate of drug-likeness (QED) is 0.400. The normalized spacial score (nSPS) is 10.1. The molecule has 0 saturated heterocycles. The number of carbonyl (C=O) groups excluding carboxylic acids is 2. The van der Waals surface area contributed by atoms with E-state index in [1.165, 1.54) is 6.92 Å². The molecular formula is C11H22N2O5. The Morgan fingerprint density at radius 3 is 2.06 bits per heavy atom. The third-order valence-electron chi connectivity index (χ3n) is 1.90. The molecule has 0 fully saturated rings. The number of hydrogen-bond acceptors (Lipinski definition) is 5. The summed E-state index contributed by atoms with van der Waals surface area (Å²) in [4.78, 5) is 21.4. The maximum absolute atomic E-state index is 10.9. The van der Waals surface area contributed by atoms with E-state index in [2.05, 4.69) is 10.6 Å². The smallest absolute Gasteiger partial charge is 0.222 e. The summed E-state index contributed by atoms with van der Waals surface area (Å²) < 4.78 is 10.4. The highest BCUT2D eigenvalue weighted by molar-refractivity contribution is 5.75. The first-order chi connectivity index (χ1) is 8.66. The minimum atomic E-state index is -0.187. The molecule has 18 heavy (non-hydrogen) atoms. The van der Waals surface area contributed by atoms with Crippen molar-refractivity contribution in [2.24, 2.45) is 0 Å². The topological polar surface area (TPSA) is 96.9 Å². The van der Waals surface area contributed by atoms with Crippen LogP contribution in [0, 0.1) is 0 Å². The van der Waals surface area contributed by atoms with E-state index in [9.17, 15) is 9.59 Å². The Balaban J connectivity index is 3.07. The molecule has 0 unspecified atom stereocenters. The van der Waals surface area contributed by atoms with Crippen LogP contribution in [0.1, 0.15) is 13.3 Å². The van der Waals surface area contributed by atoms with Crippen LogP contribution in [0.15, 0.2) is 0 Å². The van der Waals surface area contributed by atoms with E-state index >= 15 is 0 Å². The third kappa shape index (κ3) is 12.9. The van der Waals surface area contributed by atoms with Crippen molar-refractivity contribution in [3.05, 3.63) is 0 Å². The van der Waals surface area contributed by atoms with E-state index in [0.29, 0.717) is 39.5 Å². The first-order valence-electron chi connectivity index (χ1n) is 5.94. The number of nitrogens with one attached hydrogen (secondary N) is 2. The summed E-state index contributed by atoms with van der Waals surface area (Å²) in [6, 6.07) is 0. The molecule has 0 aromatic carbocycles. The maximum Gasteiger partial charge on any atom is 0.222 e.